The molecule has 2 atom stereocenters. The lowest BCUT2D eigenvalue weighted by Gasteiger charge is -2.35. The van der Waals surface area contributed by atoms with E-state index in [2.05, 4.69) is 65.5 Å². The second-order valence-corrected chi connectivity index (χ2v) is 9.20. The number of halogens is 1. The van der Waals surface area contributed by atoms with Gasteiger partial charge in [-0.2, -0.15) is 0 Å². The van der Waals surface area contributed by atoms with Gasteiger partial charge in [-0.1, -0.05) is 24.3 Å². The van der Waals surface area contributed by atoms with Gasteiger partial charge >= 0.3 is 0 Å². The number of aliphatic imine (C=N–C) groups is 1. The quantitative estimate of drug-likeness (QED) is 0.299. The van der Waals surface area contributed by atoms with Crippen LogP contribution in [0.15, 0.2) is 29.3 Å². The van der Waals surface area contributed by atoms with Crippen LogP contribution in [-0.2, 0) is 22.6 Å². The maximum absolute atomic E-state index is 11.7. The molecule has 2 N–H and O–H groups in total. The van der Waals surface area contributed by atoms with E-state index in [-0.39, 0.29) is 42.1 Å². The van der Waals surface area contributed by atoms with Crippen LogP contribution in [-0.4, -0.2) is 73.6 Å². The molecule has 2 unspecified atom stereocenters. The van der Waals surface area contributed by atoms with Crippen LogP contribution in [0.25, 0.3) is 0 Å². The molecule has 0 aliphatic carbocycles. The largest absolute Gasteiger partial charge is 0.373 e. The number of morpholine rings is 1. The molecule has 1 amide bonds. The van der Waals surface area contributed by atoms with Crippen LogP contribution >= 0.6 is 24.0 Å². The van der Waals surface area contributed by atoms with Crippen molar-refractivity contribution in [2.24, 2.45) is 10.9 Å². The molecule has 0 aromatic heterocycles. The molecule has 1 aromatic rings. The van der Waals surface area contributed by atoms with Gasteiger partial charge < -0.3 is 20.3 Å². The first-order valence-corrected chi connectivity index (χ1v) is 12.2. The maximum Gasteiger partial charge on any atom is 0.220 e. The van der Waals surface area contributed by atoms with Gasteiger partial charge in [0, 0.05) is 52.7 Å². The second kappa shape index (κ2) is 14.1. The van der Waals surface area contributed by atoms with E-state index >= 15 is 0 Å². The first-order valence-electron chi connectivity index (χ1n) is 12.2. The first-order chi connectivity index (χ1) is 15.5. The van der Waals surface area contributed by atoms with E-state index in [0.29, 0.717) is 18.9 Å². The number of amides is 1. The summed E-state index contributed by atoms with van der Waals surface area (Å²) < 4.78 is 5.89. The predicted octanol–water partition coefficient (Wildman–Crippen LogP) is 3.23. The smallest absolute Gasteiger partial charge is 0.220 e. The summed E-state index contributed by atoms with van der Waals surface area (Å²) in [6, 6.07) is 8.66. The lowest BCUT2D eigenvalue weighted by atomic mass is 9.93. The summed E-state index contributed by atoms with van der Waals surface area (Å²) in [7, 11) is 1.71. The van der Waals surface area contributed by atoms with Crippen molar-refractivity contribution in [3.63, 3.8) is 0 Å². The average Bonchev–Trinajstić information content (AvgIpc) is 2.77. The molecule has 2 aliphatic heterocycles. The molecule has 7 nitrogen and oxygen atoms in total. The molecule has 8 heteroatoms. The van der Waals surface area contributed by atoms with Gasteiger partial charge in [0.2, 0.25) is 5.91 Å². The summed E-state index contributed by atoms with van der Waals surface area (Å²) in [5.74, 6) is 1.59. The zero-order valence-electron chi connectivity index (χ0n) is 20.7. The number of carbonyl (C=O) groups excluding carboxylic acids is 1. The van der Waals surface area contributed by atoms with Gasteiger partial charge in [0.25, 0.3) is 0 Å². The van der Waals surface area contributed by atoms with E-state index in [1.807, 2.05) is 0 Å². The Kier molecular flexibility index (Phi) is 11.9. The van der Waals surface area contributed by atoms with Crippen LogP contribution in [0.1, 0.15) is 51.2 Å². The van der Waals surface area contributed by atoms with Crippen molar-refractivity contribution in [3.05, 3.63) is 35.4 Å². The van der Waals surface area contributed by atoms with Crippen LogP contribution in [0.4, 0.5) is 0 Å². The minimum absolute atomic E-state index is 0. The summed E-state index contributed by atoms with van der Waals surface area (Å²) in [6.07, 6.45) is 3.24. The summed E-state index contributed by atoms with van der Waals surface area (Å²) in [6.45, 7) is 12.7. The summed E-state index contributed by atoms with van der Waals surface area (Å²) in [4.78, 5) is 21.5. The van der Waals surface area contributed by atoms with Crippen LogP contribution in [0, 0.1) is 5.92 Å². The Balaban J connectivity index is 0.00000385. The summed E-state index contributed by atoms with van der Waals surface area (Å²) in [5.41, 5.74) is 2.63. The number of ether oxygens (including phenoxy) is 1. The third-order valence-electron chi connectivity index (χ3n) is 6.41. The number of rotatable bonds is 7. The van der Waals surface area contributed by atoms with Crippen molar-refractivity contribution in [1.29, 1.82) is 0 Å². The maximum atomic E-state index is 11.7. The molecular formula is C25H42IN5O2. The van der Waals surface area contributed by atoms with Crippen molar-refractivity contribution in [3.8, 4) is 0 Å². The van der Waals surface area contributed by atoms with E-state index in [0.717, 1.165) is 58.1 Å². The number of guanidine groups is 1. The minimum atomic E-state index is 0. The highest BCUT2D eigenvalue weighted by Gasteiger charge is 2.24. The van der Waals surface area contributed by atoms with Crippen LogP contribution in [0.2, 0.25) is 0 Å². The molecule has 0 bridgehead atoms. The highest BCUT2D eigenvalue weighted by atomic mass is 127. The first kappa shape index (κ1) is 27.9. The number of piperidine rings is 1. The van der Waals surface area contributed by atoms with Gasteiger partial charge in [0.1, 0.15) is 0 Å². The van der Waals surface area contributed by atoms with Crippen LogP contribution in [0.5, 0.6) is 0 Å². The molecule has 3 rings (SSSR count). The highest BCUT2D eigenvalue weighted by Crippen LogP contribution is 2.21. The Morgan fingerprint density at radius 1 is 1.12 bits per heavy atom. The SMILES string of the molecule is CCNC(=NCc1ccccc1CN1CC(C)OC(C)C1)N1CCC(CC(=O)NC)CC1.I. The minimum Gasteiger partial charge on any atom is -0.373 e. The predicted molar refractivity (Wildman–Crippen MR) is 145 cm³/mol. The van der Waals surface area contributed by atoms with E-state index in [1.165, 1.54) is 11.1 Å². The lowest BCUT2D eigenvalue weighted by Crippen LogP contribution is -2.46. The van der Waals surface area contributed by atoms with Gasteiger partial charge in [-0.05, 0) is 50.7 Å². The highest BCUT2D eigenvalue weighted by molar-refractivity contribution is 14.0. The molecule has 2 heterocycles. The van der Waals surface area contributed by atoms with E-state index in [9.17, 15) is 4.79 Å². The Morgan fingerprint density at radius 2 is 1.76 bits per heavy atom. The number of benzene rings is 1. The fourth-order valence-electron chi connectivity index (χ4n) is 4.82. The average molecular weight is 572 g/mol. The molecule has 186 valence electrons. The third kappa shape index (κ3) is 8.72. The van der Waals surface area contributed by atoms with E-state index < -0.39 is 0 Å². The molecule has 2 aliphatic rings. The summed E-state index contributed by atoms with van der Waals surface area (Å²) in [5, 5.41) is 6.22. The monoisotopic (exact) mass is 571 g/mol. The Bertz CT molecular complexity index is 757. The van der Waals surface area contributed by atoms with Gasteiger partial charge in [-0.15, -0.1) is 24.0 Å². The third-order valence-corrected chi connectivity index (χ3v) is 6.41. The molecule has 1 aromatic carbocycles. The molecule has 0 spiro atoms. The van der Waals surface area contributed by atoms with Gasteiger partial charge in [0.15, 0.2) is 5.96 Å². The van der Waals surface area contributed by atoms with Crippen molar-refractivity contribution in [1.82, 2.24) is 20.4 Å². The lowest BCUT2D eigenvalue weighted by molar-refractivity contribution is -0.121. The van der Waals surface area contributed by atoms with Crippen LogP contribution < -0.4 is 10.6 Å². The van der Waals surface area contributed by atoms with Gasteiger partial charge in [0.05, 0.1) is 18.8 Å². The fourth-order valence-corrected chi connectivity index (χ4v) is 4.82. The number of nitrogens with zero attached hydrogens (tertiary/aromatic N) is 3. The molecule has 0 radical (unpaired) electrons. The molecule has 33 heavy (non-hydrogen) atoms. The molecule has 2 saturated heterocycles. The van der Waals surface area contributed by atoms with Crippen molar-refractivity contribution in [2.75, 3.05) is 39.8 Å². The Morgan fingerprint density at radius 3 is 2.36 bits per heavy atom. The standard InChI is InChI=1S/C25H41N5O2.HI/c1-5-27-25(30-12-10-21(11-13-30)14-24(31)26-4)28-15-22-8-6-7-9-23(22)18-29-16-19(2)32-20(3)17-29;/h6-9,19-21H,5,10-18H2,1-4H3,(H,26,31)(H,27,28);1H. The van der Waals surface area contributed by atoms with Crippen LogP contribution in [0.3, 0.4) is 0 Å². The second-order valence-electron chi connectivity index (χ2n) is 9.20. The van der Waals surface area contributed by atoms with Crippen molar-refractivity contribution in [2.45, 2.75) is 65.3 Å². The number of hydrogen-bond donors (Lipinski definition) is 2. The fraction of sp³-hybridized carbons (Fsp3) is 0.680. The Hall–Kier alpha value is -1.39. The van der Waals surface area contributed by atoms with Crippen molar-refractivity contribution >= 4 is 35.8 Å². The zero-order chi connectivity index (χ0) is 22.9. The molecular weight excluding hydrogens is 529 g/mol. The van der Waals surface area contributed by atoms with E-state index in [4.69, 9.17) is 9.73 Å². The summed E-state index contributed by atoms with van der Waals surface area (Å²) >= 11 is 0. The molecule has 0 saturated carbocycles. The van der Waals surface area contributed by atoms with Gasteiger partial charge in [-0.3, -0.25) is 9.69 Å². The van der Waals surface area contributed by atoms with Crippen molar-refractivity contribution < 1.29 is 9.53 Å². The van der Waals surface area contributed by atoms with Gasteiger partial charge in [-0.25, -0.2) is 4.99 Å². The zero-order valence-corrected chi connectivity index (χ0v) is 23.0. The number of nitrogens with one attached hydrogen (secondary N) is 2. The number of hydrogen-bond acceptors (Lipinski definition) is 4. The van der Waals surface area contributed by atoms with E-state index in [1.54, 1.807) is 7.05 Å². The Labute approximate surface area is 216 Å². The topological polar surface area (TPSA) is 69.2 Å². The normalized spacial score (nSPS) is 22.5. The number of likely N-dealkylation sites (tertiary alicyclic amines) is 1. The molecule has 2 fully saturated rings. The number of carbonyl (C=O) groups is 1.